The topological polar surface area (TPSA) is 68.5 Å². The van der Waals surface area contributed by atoms with Crippen LogP contribution in [0.2, 0.25) is 0 Å². The monoisotopic (exact) mass is 372 g/mol. The lowest BCUT2D eigenvalue weighted by molar-refractivity contribution is 0.0946. The number of nitrogens with one attached hydrogen (secondary N) is 1. The highest BCUT2D eigenvalue weighted by atomic mass is 16.5. The number of ether oxygens (including phenoxy) is 1. The normalized spacial score (nSPS) is 10.8. The number of pyridine rings is 2. The number of carbonyl (C=O) groups is 1. The predicted octanol–water partition coefficient (Wildman–Crippen LogP) is 3.64. The third-order valence-electron chi connectivity index (χ3n) is 4.54. The summed E-state index contributed by atoms with van der Waals surface area (Å²) in [6.45, 7) is 2.41. The van der Waals surface area contributed by atoms with E-state index in [1.165, 1.54) is 0 Å². The minimum absolute atomic E-state index is 0.212. The molecule has 1 N–H and O–H groups in total. The molecule has 4 aromatic rings. The van der Waals surface area contributed by atoms with Gasteiger partial charge in [-0.15, -0.1) is 0 Å². The Morgan fingerprint density at radius 1 is 1.11 bits per heavy atom. The lowest BCUT2D eigenvalue weighted by atomic mass is 10.0. The molecule has 0 aliphatic heterocycles. The third kappa shape index (κ3) is 3.71. The second kappa shape index (κ2) is 7.52. The summed E-state index contributed by atoms with van der Waals surface area (Å²) < 4.78 is 6.98. The summed E-state index contributed by atoms with van der Waals surface area (Å²) in [4.78, 5) is 21.0. The van der Waals surface area contributed by atoms with E-state index in [9.17, 15) is 4.79 Å². The Morgan fingerprint density at radius 2 is 1.93 bits per heavy atom. The van der Waals surface area contributed by atoms with Crippen LogP contribution in [0.25, 0.3) is 16.8 Å². The number of carbonyl (C=O) groups excluding carboxylic acids is 1. The molecule has 1 amide bonds. The Labute approximate surface area is 162 Å². The van der Waals surface area contributed by atoms with E-state index < -0.39 is 0 Å². The van der Waals surface area contributed by atoms with Crippen molar-refractivity contribution in [3.63, 3.8) is 0 Å². The molecule has 0 atom stereocenters. The lowest BCUT2D eigenvalue weighted by Crippen LogP contribution is -2.23. The van der Waals surface area contributed by atoms with Gasteiger partial charge in [-0.2, -0.15) is 0 Å². The fourth-order valence-electron chi connectivity index (χ4n) is 3.01. The number of methoxy groups -OCH3 is 1. The summed E-state index contributed by atoms with van der Waals surface area (Å²) in [5.74, 6) is 0.492. The molecule has 0 radical (unpaired) electrons. The number of amides is 1. The van der Waals surface area contributed by atoms with E-state index in [1.54, 1.807) is 23.8 Å². The van der Waals surface area contributed by atoms with Gasteiger partial charge in [0.05, 0.1) is 7.11 Å². The van der Waals surface area contributed by atoms with Crippen LogP contribution in [0.4, 0.5) is 0 Å². The molecular weight excluding hydrogens is 352 g/mol. The second-order valence-electron chi connectivity index (χ2n) is 6.52. The van der Waals surface area contributed by atoms with Crippen LogP contribution < -0.4 is 10.1 Å². The summed E-state index contributed by atoms with van der Waals surface area (Å²) >= 11 is 0. The Balaban J connectivity index is 1.43. The van der Waals surface area contributed by atoms with E-state index in [2.05, 4.69) is 21.4 Å². The number of rotatable bonds is 5. The zero-order valence-electron chi connectivity index (χ0n) is 15.7. The predicted molar refractivity (Wildman–Crippen MR) is 107 cm³/mol. The molecular formula is C22H20N4O2. The van der Waals surface area contributed by atoms with E-state index in [-0.39, 0.29) is 5.91 Å². The maximum absolute atomic E-state index is 12.4. The standard InChI is InChI=1S/C22H20N4O2/c1-15-11-18(7-9-23-15)17-5-3-16(4-6-17)13-24-22(27)20-14-26-10-8-19(28-2)12-21(26)25-20/h3-12,14H,13H2,1-2H3,(H,24,27). The highest BCUT2D eigenvalue weighted by molar-refractivity contribution is 5.92. The quantitative estimate of drug-likeness (QED) is 0.581. The zero-order valence-corrected chi connectivity index (χ0v) is 15.7. The van der Waals surface area contributed by atoms with Gasteiger partial charge in [0.15, 0.2) is 0 Å². The molecule has 6 heteroatoms. The van der Waals surface area contributed by atoms with E-state index >= 15 is 0 Å². The Kier molecular flexibility index (Phi) is 4.76. The van der Waals surface area contributed by atoms with Gasteiger partial charge in [-0.3, -0.25) is 9.78 Å². The number of nitrogens with zero attached hydrogens (tertiary/aromatic N) is 3. The zero-order chi connectivity index (χ0) is 19.5. The largest absolute Gasteiger partial charge is 0.497 e. The highest BCUT2D eigenvalue weighted by Gasteiger charge is 2.11. The molecule has 140 valence electrons. The summed E-state index contributed by atoms with van der Waals surface area (Å²) in [5.41, 5.74) is 5.30. The number of aromatic nitrogens is 3. The molecule has 0 unspecified atom stereocenters. The van der Waals surface area contributed by atoms with Gasteiger partial charge in [-0.05, 0) is 41.8 Å². The van der Waals surface area contributed by atoms with Gasteiger partial charge in [0.25, 0.3) is 5.91 Å². The van der Waals surface area contributed by atoms with Crippen LogP contribution >= 0.6 is 0 Å². The van der Waals surface area contributed by atoms with Crippen molar-refractivity contribution < 1.29 is 9.53 Å². The van der Waals surface area contributed by atoms with Crippen molar-refractivity contribution in [2.75, 3.05) is 7.11 Å². The summed E-state index contributed by atoms with van der Waals surface area (Å²) in [7, 11) is 1.60. The summed E-state index contributed by atoms with van der Waals surface area (Å²) in [6.07, 6.45) is 5.33. The average molecular weight is 372 g/mol. The Hall–Kier alpha value is -3.67. The lowest BCUT2D eigenvalue weighted by Gasteiger charge is -2.06. The van der Waals surface area contributed by atoms with Crippen molar-refractivity contribution in [2.45, 2.75) is 13.5 Å². The SMILES string of the molecule is COc1ccn2cc(C(=O)NCc3ccc(-c4ccnc(C)c4)cc3)nc2c1. The van der Waals surface area contributed by atoms with Crippen LogP contribution in [0.3, 0.4) is 0 Å². The van der Waals surface area contributed by atoms with Gasteiger partial charge in [-0.1, -0.05) is 24.3 Å². The molecule has 0 aliphatic carbocycles. The number of hydrogen-bond acceptors (Lipinski definition) is 4. The first-order valence-electron chi connectivity index (χ1n) is 8.95. The number of hydrogen-bond donors (Lipinski definition) is 1. The maximum atomic E-state index is 12.4. The van der Waals surface area contributed by atoms with Gasteiger partial charge < -0.3 is 14.5 Å². The van der Waals surface area contributed by atoms with Gasteiger partial charge in [0.1, 0.15) is 17.1 Å². The molecule has 3 aromatic heterocycles. The van der Waals surface area contributed by atoms with Crippen LogP contribution in [0.15, 0.2) is 67.1 Å². The summed E-state index contributed by atoms with van der Waals surface area (Å²) in [6, 6.07) is 15.8. The number of imidazole rings is 1. The first-order valence-corrected chi connectivity index (χ1v) is 8.95. The molecule has 0 aliphatic rings. The highest BCUT2D eigenvalue weighted by Crippen LogP contribution is 2.20. The third-order valence-corrected chi connectivity index (χ3v) is 4.54. The van der Waals surface area contributed by atoms with E-state index in [0.29, 0.717) is 23.6 Å². The molecule has 1 aromatic carbocycles. The van der Waals surface area contributed by atoms with Crippen LogP contribution in [0.1, 0.15) is 21.7 Å². The van der Waals surface area contributed by atoms with Crippen LogP contribution in [-0.2, 0) is 6.54 Å². The van der Waals surface area contributed by atoms with E-state index in [1.807, 2.05) is 55.7 Å². The Bertz CT molecular complexity index is 1130. The maximum Gasteiger partial charge on any atom is 0.271 e. The first kappa shape index (κ1) is 17.7. The Morgan fingerprint density at radius 3 is 2.68 bits per heavy atom. The fourth-order valence-corrected chi connectivity index (χ4v) is 3.01. The van der Waals surface area contributed by atoms with Crippen molar-refractivity contribution in [3.8, 4) is 16.9 Å². The van der Waals surface area contributed by atoms with Crippen molar-refractivity contribution in [1.29, 1.82) is 0 Å². The van der Waals surface area contributed by atoms with Crippen molar-refractivity contribution in [2.24, 2.45) is 0 Å². The van der Waals surface area contributed by atoms with Crippen molar-refractivity contribution in [1.82, 2.24) is 19.7 Å². The molecule has 0 bridgehead atoms. The van der Waals surface area contributed by atoms with Gasteiger partial charge in [0, 0.05) is 36.9 Å². The first-order chi connectivity index (χ1) is 13.6. The van der Waals surface area contributed by atoms with Gasteiger partial charge in [-0.25, -0.2) is 4.98 Å². The average Bonchev–Trinajstić information content (AvgIpc) is 3.15. The minimum atomic E-state index is -0.212. The molecule has 0 fully saturated rings. The summed E-state index contributed by atoms with van der Waals surface area (Å²) in [5, 5.41) is 2.92. The molecule has 0 saturated heterocycles. The molecule has 0 spiro atoms. The van der Waals surface area contributed by atoms with Gasteiger partial charge in [0.2, 0.25) is 0 Å². The van der Waals surface area contributed by atoms with Crippen LogP contribution in [0.5, 0.6) is 5.75 Å². The molecule has 6 nitrogen and oxygen atoms in total. The van der Waals surface area contributed by atoms with Gasteiger partial charge >= 0.3 is 0 Å². The second-order valence-corrected chi connectivity index (χ2v) is 6.52. The van der Waals surface area contributed by atoms with Crippen LogP contribution in [-0.4, -0.2) is 27.4 Å². The smallest absolute Gasteiger partial charge is 0.271 e. The van der Waals surface area contributed by atoms with E-state index in [4.69, 9.17) is 4.74 Å². The molecule has 28 heavy (non-hydrogen) atoms. The fraction of sp³-hybridized carbons (Fsp3) is 0.136. The van der Waals surface area contributed by atoms with Crippen molar-refractivity contribution >= 4 is 11.6 Å². The minimum Gasteiger partial charge on any atom is -0.497 e. The van der Waals surface area contributed by atoms with Crippen LogP contribution in [0, 0.1) is 6.92 Å². The molecule has 3 heterocycles. The number of benzene rings is 1. The number of fused-ring (bicyclic) bond motifs is 1. The molecule has 0 saturated carbocycles. The molecule has 4 rings (SSSR count). The van der Waals surface area contributed by atoms with Crippen molar-refractivity contribution in [3.05, 3.63) is 84.1 Å². The van der Waals surface area contributed by atoms with E-state index in [0.717, 1.165) is 22.4 Å². The number of aryl methyl sites for hydroxylation is 1.